The van der Waals surface area contributed by atoms with Gasteiger partial charge < -0.3 is 16.4 Å². The van der Waals surface area contributed by atoms with Crippen molar-refractivity contribution in [3.8, 4) is 0 Å². The van der Waals surface area contributed by atoms with Gasteiger partial charge in [-0.1, -0.05) is 13.8 Å². The minimum absolute atomic E-state index is 0.00407. The quantitative estimate of drug-likeness (QED) is 0.533. The van der Waals surface area contributed by atoms with Gasteiger partial charge in [0.05, 0.1) is 5.92 Å². The Kier molecular flexibility index (Phi) is 3.46. The number of primary amides is 1. The molecule has 4 N–H and O–H groups in total. The van der Waals surface area contributed by atoms with Crippen molar-refractivity contribution in [1.29, 1.82) is 0 Å². The molecule has 1 aliphatic heterocycles. The molecule has 1 heterocycles. The maximum Gasteiger partial charge on any atom is 0.240 e. The number of carbonyl (C=O) groups excluding carboxylic acids is 2. The minimum Gasteiger partial charge on any atom is -0.368 e. The van der Waals surface area contributed by atoms with Crippen LogP contribution in [-0.4, -0.2) is 30.9 Å². The largest absolute Gasteiger partial charge is 0.368 e. The van der Waals surface area contributed by atoms with Gasteiger partial charge in [-0.3, -0.25) is 9.59 Å². The van der Waals surface area contributed by atoms with Crippen LogP contribution in [0.2, 0.25) is 0 Å². The summed E-state index contributed by atoms with van der Waals surface area (Å²) in [5.41, 5.74) is 5.18. The fourth-order valence-corrected chi connectivity index (χ4v) is 1.31. The van der Waals surface area contributed by atoms with Crippen LogP contribution in [-0.2, 0) is 9.59 Å². The van der Waals surface area contributed by atoms with Crippen LogP contribution in [0.3, 0.4) is 0 Å². The maximum atomic E-state index is 11.5. The zero-order valence-corrected chi connectivity index (χ0v) is 8.54. The van der Waals surface area contributed by atoms with Gasteiger partial charge in [-0.25, -0.2) is 0 Å². The van der Waals surface area contributed by atoms with Crippen LogP contribution in [0.15, 0.2) is 0 Å². The van der Waals surface area contributed by atoms with Gasteiger partial charge in [-0.05, 0) is 5.92 Å². The number of amides is 2. The van der Waals surface area contributed by atoms with E-state index < -0.39 is 11.9 Å². The first kappa shape index (κ1) is 11.0. The molecule has 2 amide bonds. The van der Waals surface area contributed by atoms with Crippen molar-refractivity contribution < 1.29 is 9.59 Å². The van der Waals surface area contributed by atoms with E-state index in [1.807, 2.05) is 13.8 Å². The van der Waals surface area contributed by atoms with Crippen LogP contribution in [0.4, 0.5) is 0 Å². The monoisotopic (exact) mass is 199 g/mol. The lowest BCUT2D eigenvalue weighted by molar-refractivity contribution is -0.131. The third kappa shape index (κ3) is 2.45. The fourth-order valence-electron chi connectivity index (χ4n) is 1.31. The number of nitrogens with one attached hydrogen (secondary N) is 2. The normalized spacial score (nSPS) is 18.8. The summed E-state index contributed by atoms with van der Waals surface area (Å²) in [6, 6.07) is -0.553. The van der Waals surface area contributed by atoms with Gasteiger partial charge in [0.25, 0.3) is 0 Å². The third-order valence-corrected chi connectivity index (χ3v) is 2.42. The standard InChI is InChI=1S/C9H17N3O2/c1-5(2)7(8(10)13)12-9(14)6-3-11-4-6/h5-7,11H,3-4H2,1-2H3,(H2,10,13)(H,12,14). The summed E-state index contributed by atoms with van der Waals surface area (Å²) >= 11 is 0. The predicted octanol–water partition coefficient (Wildman–Crippen LogP) is -1.17. The third-order valence-electron chi connectivity index (χ3n) is 2.42. The molecule has 1 rings (SSSR count). The van der Waals surface area contributed by atoms with E-state index >= 15 is 0 Å². The average Bonchev–Trinajstić information content (AvgIpc) is 1.95. The van der Waals surface area contributed by atoms with Crippen molar-refractivity contribution in [1.82, 2.24) is 10.6 Å². The molecule has 5 heteroatoms. The van der Waals surface area contributed by atoms with Crippen molar-refractivity contribution >= 4 is 11.8 Å². The SMILES string of the molecule is CC(C)C(NC(=O)C1CNC1)C(N)=O. The van der Waals surface area contributed by atoms with Gasteiger partial charge >= 0.3 is 0 Å². The van der Waals surface area contributed by atoms with E-state index in [1.165, 1.54) is 0 Å². The molecule has 0 aromatic carbocycles. The molecule has 5 nitrogen and oxygen atoms in total. The summed E-state index contributed by atoms with van der Waals surface area (Å²) < 4.78 is 0. The highest BCUT2D eigenvalue weighted by Crippen LogP contribution is 2.06. The number of nitrogens with two attached hydrogens (primary N) is 1. The van der Waals surface area contributed by atoms with Gasteiger partial charge in [0.1, 0.15) is 6.04 Å². The summed E-state index contributed by atoms with van der Waals surface area (Å²) in [4.78, 5) is 22.5. The first-order valence-electron chi connectivity index (χ1n) is 4.82. The second kappa shape index (κ2) is 4.41. The molecular formula is C9H17N3O2. The van der Waals surface area contributed by atoms with E-state index in [1.54, 1.807) is 0 Å². The fraction of sp³-hybridized carbons (Fsp3) is 0.778. The van der Waals surface area contributed by atoms with Crippen molar-refractivity contribution in [2.75, 3.05) is 13.1 Å². The number of rotatable bonds is 4. The zero-order valence-electron chi connectivity index (χ0n) is 8.54. The van der Waals surface area contributed by atoms with Gasteiger partial charge in [-0.2, -0.15) is 0 Å². The van der Waals surface area contributed by atoms with Crippen LogP contribution in [0.5, 0.6) is 0 Å². The minimum atomic E-state index is -0.553. The Bertz CT molecular complexity index is 236. The Hall–Kier alpha value is -1.10. The first-order chi connectivity index (χ1) is 6.52. The molecule has 0 bridgehead atoms. The van der Waals surface area contributed by atoms with Gasteiger partial charge in [-0.15, -0.1) is 0 Å². The molecule has 80 valence electrons. The molecule has 0 radical (unpaired) electrons. The van der Waals surface area contributed by atoms with Crippen LogP contribution >= 0.6 is 0 Å². The lowest BCUT2D eigenvalue weighted by Gasteiger charge is -2.28. The molecule has 0 aliphatic carbocycles. The van der Waals surface area contributed by atoms with Gasteiger partial charge in [0.15, 0.2) is 0 Å². The van der Waals surface area contributed by atoms with Crippen molar-refractivity contribution in [2.45, 2.75) is 19.9 Å². The van der Waals surface area contributed by atoms with E-state index in [0.29, 0.717) is 13.1 Å². The lowest BCUT2D eigenvalue weighted by Crippen LogP contribution is -2.56. The molecule has 1 aliphatic rings. The van der Waals surface area contributed by atoms with Crippen LogP contribution in [0.1, 0.15) is 13.8 Å². The smallest absolute Gasteiger partial charge is 0.240 e. The van der Waals surface area contributed by atoms with Gasteiger partial charge in [0.2, 0.25) is 11.8 Å². The summed E-state index contributed by atoms with van der Waals surface area (Å²) in [7, 11) is 0. The molecule has 0 saturated carbocycles. The average molecular weight is 199 g/mol. The molecule has 0 spiro atoms. The van der Waals surface area contributed by atoms with E-state index in [0.717, 1.165) is 0 Å². The molecule has 0 aromatic rings. The number of carbonyl (C=O) groups is 2. The van der Waals surface area contributed by atoms with Crippen LogP contribution < -0.4 is 16.4 Å². The van der Waals surface area contributed by atoms with E-state index in [-0.39, 0.29) is 17.7 Å². The van der Waals surface area contributed by atoms with E-state index in [4.69, 9.17) is 5.73 Å². The molecule has 1 saturated heterocycles. The second-order valence-corrected chi connectivity index (χ2v) is 3.99. The Labute approximate surface area is 83.4 Å². The second-order valence-electron chi connectivity index (χ2n) is 3.99. The molecule has 0 aromatic heterocycles. The number of hydrogen-bond acceptors (Lipinski definition) is 3. The predicted molar refractivity (Wildman–Crippen MR) is 52.3 cm³/mol. The van der Waals surface area contributed by atoms with E-state index in [2.05, 4.69) is 10.6 Å². The molecular weight excluding hydrogens is 182 g/mol. The van der Waals surface area contributed by atoms with Crippen molar-refractivity contribution in [2.24, 2.45) is 17.6 Å². The molecule has 14 heavy (non-hydrogen) atoms. The van der Waals surface area contributed by atoms with Crippen molar-refractivity contribution in [3.63, 3.8) is 0 Å². The van der Waals surface area contributed by atoms with E-state index in [9.17, 15) is 9.59 Å². The van der Waals surface area contributed by atoms with Crippen LogP contribution in [0, 0.1) is 11.8 Å². The molecule has 1 unspecified atom stereocenters. The Morgan fingerprint density at radius 1 is 1.43 bits per heavy atom. The Morgan fingerprint density at radius 3 is 2.29 bits per heavy atom. The summed E-state index contributed by atoms with van der Waals surface area (Å²) in [5, 5.41) is 5.66. The Morgan fingerprint density at radius 2 is 2.00 bits per heavy atom. The first-order valence-corrected chi connectivity index (χ1v) is 4.82. The zero-order chi connectivity index (χ0) is 10.7. The molecule has 1 atom stereocenters. The summed E-state index contributed by atoms with van der Waals surface area (Å²) in [6.45, 7) is 5.09. The lowest BCUT2D eigenvalue weighted by atomic mass is 9.99. The topological polar surface area (TPSA) is 84.2 Å². The summed E-state index contributed by atoms with van der Waals surface area (Å²) in [5.74, 6) is -0.526. The summed E-state index contributed by atoms with van der Waals surface area (Å²) in [6.07, 6.45) is 0. The van der Waals surface area contributed by atoms with Crippen molar-refractivity contribution in [3.05, 3.63) is 0 Å². The molecule has 1 fully saturated rings. The van der Waals surface area contributed by atoms with Crippen LogP contribution in [0.25, 0.3) is 0 Å². The highest BCUT2D eigenvalue weighted by Gasteiger charge is 2.29. The highest BCUT2D eigenvalue weighted by atomic mass is 16.2. The number of hydrogen-bond donors (Lipinski definition) is 3. The maximum absolute atomic E-state index is 11.5. The highest BCUT2D eigenvalue weighted by molar-refractivity contribution is 5.88. The van der Waals surface area contributed by atoms with Gasteiger partial charge in [0, 0.05) is 13.1 Å². The Balaban J connectivity index is 2.46.